The van der Waals surface area contributed by atoms with E-state index in [0.717, 1.165) is 29.7 Å². The molecule has 0 spiro atoms. The number of nitrogens with zero attached hydrogens (tertiary/aromatic N) is 1. The van der Waals surface area contributed by atoms with Gasteiger partial charge in [-0.15, -0.1) is 0 Å². The zero-order valence-corrected chi connectivity index (χ0v) is 17.3. The van der Waals surface area contributed by atoms with Crippen LogP contribution in [0.5, 0.6) is 0 Å². The van der Waals surface area contributed by atoms with Gasteiger partial charge in [0.2, 0.25) is 0 Å². The summed E-state index contributed by atoms with van der Waals surface area (Å²) < 4.78 is 28.7. The van der Waals surface area contributed by atoms with Gasteiger partial charge in [0.15, 0.2) is 0 Å². The highest BCUT2D eigenvalue weighted by Gasteiger charge is 2.45. The van der Waals surface area contributed by atoms with Crippen LogP contribution >= 0.6 is 0 Å². The number of unbranched alkanes of at least 4 members (excludes halogenated alkanes) is 3. The van der Waals surface area contributed by atoms with Gasteiger partial charge in [-0.05, 0) is 50.5 Å². The number of sulfonamides is 1. The summed E-state index contributed by atoms with van der Waals surface area (Å²) >= 11 is 0. The maximum absolute atomic E-state index is 13.6. The minimum atomic E-state index is -3.64. The van der Waals surface area contributed by atoms with Crippen molar-refractivity contribution in [2.45, 2.75) is 63.3 Å². The largest absolute Gasteiger partial charge is 0.265 e. The minimum absolute atomic E-state index is 0.343. The Bertz CT molecular complexity index is 916. The number of aryl methyl sites for hydroxylation is 1. The van der Waals surface area contributed by atoms with Crippen LogP contribution in [0.25, 0.3) is 0 Å². The quantitative estimate of drug-likeness (QED) is 0.458. The van der Waals surface area contributed by atoms with Gasteiger partial charge in [-0.1, -0.05) is 67.8 Å². The molecule has 1 atom stereocenters. The molecule has 0 bridgehead atoms. The van der Waals surface area contributed by atoms with Crippen LogP contribution in [0, 0.1) is 6.92 Å². The Balaban J connectivity index is 2.00. The van der Waals surface area contributed by atoms with Crippen LogP contribution in [0.2, 0.25) is 0 Å². The van der Waals surface area contributed by atoms with Crippen molar-refractivity contribution in [3.8, 4) is 0 Å². The van der Waals surface area contributed by atoms with Gasteiger partial charge in [-0.3, -0.25) is 4.31 Å². The Hall–Kier alpha value is -2.07. The average Bonchev–Trinajstić information content (AvgIpc) is 2.94. The first-order valence-corrected chi connectivity index (χ1v) is 11.2. The van der Waals surface area contributed by atoms with Gasteiger partial charge in [-0.2, -0.15) is 0 Å². The van der Waals surface area contributed by atoms with E-state index in [0.29, 0.717) is 11.3 Å². The molecule has 0 N–H and O–H groups in total. The second-order valence-corrected chi connectivity index (χ2v) is 9.43. The molecule has 1 unspecified atom stereocenters. The van der Waals surface area contributed by atoms with Gasteiger partial charge in [0.25, 0.3) is 10.0 Å². The summed E-state index contributed by atoms with van der Waals surface area (Å²) in [4.78, 5) is 0.343. The summed E-state index contributed by atoms with van der Waals surface area (Å²) in [5, 5.41) is 0. The SMILES string of the molecule is CCCCC/C=C/C1(C)Cc2ccccc2N1S(=O)(=O)c1ccc(C)cc1. The molecular formula is C23H29NO2S. The third-order valence-electron chi connectivity index (χ3n) is 5.23. The lowest BCUT2D eigenvalue weighted by atomic mass is 9.96. The first-order chi connectivity index (χ1) is 12.9. The van der Waals surface area contributed by atoms with Gasteiger partial charge < -0.3 is 0 Å². The molecule has 2 aromatic carbocycles. The van der Waals surface area contributed by atoms with Crippen molar-refractivity contribution in [1.29, 1.82) is 0 Å². The Kier molecular flexibility index (Phi) is 5.75. The maximum Gasteiger partial charge on any atom is 0.265 e. The highest BCUT2D eigenvalue weighted by molar-refractivity contribution is 7.93. The van der Waals surface area contributed by atoms with Gasteiger partial charge in [0.05, 0.1) is 16.1 Å². The van der Waals surface area contributed by atoms with Crippen LogP contribution in [0.3, 0.4) is 0 Å². The smallest absolute Gasteiger partial charge is 0.256 e. The van der Waals surface area contributed by atoms with Crippen molar-refractivity contribution in [1.82, 2.24) is 0 Å². The molecule has 0 saturated carbocycles. The van der Waals surface area contributed by atoms with Crippen molar-refractivity contribution >= 4 is 15.7 Å². The Labute approximate surface area is 163 Å². The minimum Gasteiger partial charge on any atom is -0.256 e. The van der Waals surface area contributed by atoms with Crippen molar-refractivity contribution in [2.75, 3.05) is 4.31 Å². The number of para-hydroxylation sites is 1. The molecule has 3 rings (SSSR count). The van der Waals surface area contributed by atoms with E-state index in [1.807, 2.05) is 50.2 Å². The summed E-state index contributed by atoms with van der Waals surface area (Å²) in [5.41, 5.74) is 2.33. The molecule has 0 amide bonds. The number of fused-ring (bicyclic) bond motifs is 1. The highest BCUT2D eigenvalue weighted by Crippen LogP contribution is 2.43. The van der Waals surface area contributed by atoms with E-state index in [-0.39, 0.29) is 0 Å². The van der Waals surface area contributed by atoms with Gasteiger partial charge >= 0.3 is 0 Å². The molecule has 0 aromatic heterocycles. The van der Waals surface area contributed by atoms with E-state index in [1.54, 1.807) is 16.4 Å². The fourth-order valence-corrected chi connectivity index (χ4v) is 5.59. The van der Waals surface area contributed by atoms with E-state index in [4.69, 9.17) is 0 Å². The molecule has 1 heterocycles. The molecule has 2 aromatic rings. The summed E-state index contributed by atoms with van der Waals surface area (Å²) in [6, 6.07) is 15.0. The molecule has 4 heteroatoms. The van der Waals surface area contributed by atoms with Crippen LogP contribution in [0.4, 0.5) is 5.69 Å². The lowest BCUT2D eigenvalue weighted by molar-refractivity contribution is 0.555. The molecule has 1 aliphatic heterocycles. The predicted octanol–water partition coefficient (Wildman–Crippen LogP) is 5.64. The van der Waals surface area contributed by atoms with Gasteiger partial charge in [-0.25, -0.2) is 8.42 Å². The van der Waals surface area contributed by atoms with Crippen LogP contribution < -0.4 is 4.31 Å². The van der Waals surface area contributed by atoms with Crippen molar-refractivity contribution in [3.05, 3.63) is 71.8 Å². The molecule has 0 fully saturated rings. The number of allylic oxidation sites excluding steroid dienone is 1. The van der Waals surface area contributed by atoms with Crippen molar-refractivity contribution < 1.29 is 8.42 Å². The Morgan fingerprint density at radius 3 is 2.48 bits per heavy atom. The zero-order valence-electron chi connectivity index (χ0n) is 16.5. The second-order valence-electron chi connectivity index (χ2n) is 7.64. The lowest BCUT2D eigenvalue weighted by Crippen LogP contribution is -2.46. The molecule has 0 radical (unpaired) electrons. The first-order valence-electron chi connectivity index (χ1n) is 9.76. The number of hydrogen-bond acceptors (Lipinski definition) is 2. The number of hydrogen-bond donors (Lipinski definition) is 0. The van der Waals surface area contributed by atoms with Crippen LogP contribution in [-0.2, 0) is 16.4 Å². The molecule has 0 saturated heterocycles. The summed E-state index contributed by atoms with van der Waals surface area (Å²) in [5.74, 6) is 0. The molecular weight excluding hydrogens is 354 g/mol. The average molecular weight is 384 g/mol. The van der Waals surface area contributed by atoms with Crippen LogP contribution in [-0.4, -0.2) is 14.0 Å². The van der Waals surface area contributed by atoms with Gasteiger partial charge in [0.1, 0.15) is 0 Å². The standard InChI is InChI=1S/C23H29NO2S/c1-4-5-6-7-10-17-23(3)18-20-11-8-9-12-22(20)24(23)27(25,26)21-15-13-19(2)14-16-21/h8-17H,4-7,18H2,1-3H3/b17-10+. The maximum atomic E-state index is 13.6. The monoisotopic (exact) mass is 383 g/mol. The van der Waals surface area contributed by atoms with E-state index >= 15 is 0 Å². The number of benzene rings is 2. The molecule has 0 aliphatic carbocycles. The molecule has 3 nitrogen and oxygen atoms in total. The summed E-state index contributed by atoms with van der Waals surface area (Å²) in [6.45, 7) is 6.17. The topological polar surface area (TPSA) is 37.4 Å². The first kappa shape index (κ1) is 19.7. The van der Waals surface area contributed by atoms with Crippen LogP contribution in [0.15, 0.2) is 65.6 Å². The normalized spacial score (nSPS) is 19.6. The van der Waals surface area contributed by atoms with E-state index in [2.05, 4.69) is 19.1 Å². The van der Waals surface area contributed by atoms with Gasteiger partial charge in [0, 0.05) is 6.42 Å². The fraction of sp³-hybridized carbons (Fsp3) is 0.391. The predicted molar refractivity (Wildman–Crippen MR) is 113 cm³/mol. The summed E-state index contributed by atoms with van der Waals surface area (Å²) in [6.07, 6.45) is 9.45. The fourth-order valence-electron chi connectivity index (χ4n) is 3.79. The molecule has 144 valence electrons. The lowest BCUT2D eigenvalue weighted by Gasteiger charge is -2.34. The van der Waals surface area contributed by atoms with Crippen molar-refractivity contribution in [2.24, 2.45) is 0 Å². The highest BCUT2D eigenvalue weighted by atomic mass is 32.2. The second kappa shape index (κ2) is 7.89. The zero-order chi connectivity index (χ0) is 19.5. The molecule has 1 aliphatic rings. The third kappa shape index (κ3) is 3.96. The van der Waals surface area contributed by atoms with E-state index in [9.17, 15) is 8.42 Å². The van der Waals surface area contributed by atoms with E-state index in [1.165, 1.54) is 12.8 Å². The van der Waals surface area contributed by atoms with Crippen LogP contribution in [0.1, 0.15) is 50.7 Å². The third-order valence-corrected chi connectivity index (χ3v) is 7.20. The van der Waals surface area contributed by atoms with Crippen molar-refractivity contribution in [3.63, 3.8) is 0 Å². The number of rotatable bonds is 7. The summed E-state index contributed by atoms with van der Waals surface area (Å²) in [7, 11) is -3.64. The Morgan fingerprint density at radius 2 is 1.78 bits per heavy atom. The Morgan fingerprint density at radius 1 is 1.07 bits per heavy atom. The number of anilines is 1. The molecule has 27 heavy (non-hydrogen) atoms. The van der Waals surface area contributed by atoms with E-state index < -0.39 is 15.6 Å².